The van der Waals surface area contributed by atoms with E-state index in [1.165, 1.54) is 24.3 Å². The molecule has 4 rings (SSSR count). The second-order valence-electron chi connectivity index (χ2n) is 6.77. The Balaban J connectivity index is 1.61. The average molecular weight is 474 g/mol. The summed E-state index contributed by atoms with van der Waals surface area (Å²) in [6.45, 7) is -0.245. The first-order valence-electron chi connectivity index (χ1n) is 9.21. The van der Waals surface area contributed by atoms with Crippen LogP contribution < -0.4 is 20.1 Å². The molecular formula is C21H16ClN3O6S. The Labute approximate surface area is 188 Å². The molecule has 164 valence electrons. The molecule has 3 aromatic carbocycles. The lowest BCUT2D eigenvalue weighted by atomic mass is 10.1. The number of phenolic OH excluding ortho intramolecular Hbond substituents is 1. The third-order valence-electron chi connectivity index (χ3n) is 4.48. The summed E-state index contributed by atoms with van der Waals surface area (Å²) in [7, 11) is -4.03. The third kappa shape index (κ3) is 4.46. The summed E-state index contributed by atoms with van der Waals surface area (Å²) in [5, 5.41) is 15.6. The summed E-state index contributed by atoms with van der Waals surface area (Å²) in [6, 6.07) is 14.2. The van der Waals surface area contributed by atoms with Gasteiger partial charge in [0.1, 0.15) is 5.75 Å². The molecular weight excluding hydrogens is 458 g/mol. The van der Waals surface area contributed by atoms with Crippen LogP contribution in [-0.2, 0) is 14.8 Å². The summed E-state index contributed by atoms with van der Waals surface area (Å²) in [6.07, 6.45) is 0. The van der Waals surface area contributed by atoms with Crippen molar-refractivity contribution in [2.45, 2.75) is 4.90 Å². The number of carbonyl (C=O) groups is 2. The lowest BCUT2D eigenvalue weighted by Crippen LogP contribution is -2.27. The van der Waals surface area contributed by atoms with Gasteiger partial charge in [-0.1, -0.05) is 23.7 Å². The number of anilines is 3. The molecule has 0 bridgehead atoms. The molecule has 0 saturated carbocycles. The van der Waals surface area contributed by atoms with Crippen molar-refractivity contribution >= 4 is 50.5 Å². The van der Waals surface area contributed by atoms with Crippen LogP contribution in [0.25, 0.3) is 0 Å². The Kier molecular flexibility index (Phi) is 5.64. The summed E-state index contributed by atoms with van der Waals surface area (Å²) in [5.41, 5.74) is 0.570. The number of halogens is 1. The fourth-order valence-electron chi connectivity index (χ4n) is 3.03. The van der Waals surface area contributed by atoms with Gasteiger partial charge in [-0.15, -0.1) is 0 Å². The molecule has 1 aliphatic heterocycles. The first-order valence-corrected chi connectivity index (χ1v) is 11.1. The van der Waals surface area contributed by atoms with Gasteiger partial charge in [0.15, 0.2) is 12.4 Å². The van der Waals surface area contributed by atoms with Gasteiger partial charge >= 0.3 is 0 Å². The van der Waals surface area contributed by atoms with Crippen LogP contribution in [0.15, 0.2) is 65.6 Å². The van der Waals surface area contributed by atoms with Gasteiger partial charge in [0.2, 0.25) is 0 Å². The van der Waals surface area contributed by atoms with E-state index >= 15 is 0 Å². The fraction of sp³-hybridized carbons (Fsp3) is 0.0476. The number of hydrogen-bond donors (Lipinski definition) is 4. The van der Waals surface area contributed by atoms with Gasteiger partial charge in [0.25, 0.3) is 21.8 Å². The van der Waals surface area contributed by atoms with Crippen molar-refractivity contribution in [1.82, 2.24) is 0 Å². The topological polar surface area (TPSA) is 134 Å². The number of phenols is 1. The normalized spacial score (nSPS) is 12.8. The minimum atomic E-state index is -4.03. The highest BCUT2D eigenvalue weighted by molar-refractivity contribution is 7.92. The minimum Gasteiger partial charge on any atom is -0.506 e. The molecule has 0 saturated heterocycles. The highest BCUT2D eigenvalue weighted by Gasteiger charge is 2.24. The van der Waals surface area contributed by atoms with E-state index in [0.717, 1.165) is 12.1 Å². The maximum Gasteiger partial charge on any atom is 0.262 e. The molecule has 3 aromatic rings. The number of aromatic hydroxyl groups is 1. The molecule has 9 nitrogen and oxygen atoms in total. The molecule has 0 aliphatic carbocycles. The van der Waals surface area contributed by atoms with Crippen LogP contribution in [0.2, 0.25) is 5.02 Å². The molecule has 0 unspecified atom stereocenters. The lowest BCUT2D eigenvalue weighted by molar-refractivity contribution is -0.118. The van der Waals surface area contributed by atoms with E-state index in [4.69, 9.17) is 16.3 Å². The maximum absolute atomic E-state index is 12.8. The number of fused-ring (bicyclic) bond motifs is 1. The Bertz CT molecular complexity index is 1340. The standard InChI is InChI=1S/C21H16ClN3O6S/c22-12-3-1-4-13(9-12)25-32(29,30)14-7-8-18(26)17(10-14)24-21(28)15-5-2-6-16-20(15)31-11-19(27)23-16/h1-10,25-26H,11H2,(H,23,27)(H,24,28). The van der Waals surface area contributed by atoms with Crippen LogP contribution in [0.5, 0.6) is 11.5 Å². The highest BCUT2D eigenvalue weighted by Crippen LogP contribution is 2.33. The number of carbonyl (C=O) groups excluding carboxylic acids is 2. The summed E-state index contributed by atoms with van der Waals surface area (Å²) in [5.74, 6) is -1.17. The Morgan fingerprint density at radius 2 is 1.88 bits per heavy atom. The van der Waals surface area contributed by atoms with E-state index in [1.54, 1.807) is 24.3 Å². The number of rotatable bonds is 5. The Morgan fingerprint density at radius 3 is 2.66 bits per heavy atom. The molecule has 4 N–H and O–H groups in total. The molecule has 0 atom stereocenters. The van der Waals surface area contributed by atoms with Crippen LogP contribution in [-0.4, -0.2) is 31.9 Å². The predicted molar refractivity (Wildman–Crippen MR) is 119 cm³/mol. The van der Waals surface area contributed by atoms with E-state index in [-0.39, 0.29) is 45.8 Å². The van der Waals surface area contributed by atoms with Gasteiger partial charge in [-0.2, -0.15) is 0 Å². The van der Waals surface area contributed by atoms with Crippen molar-refractivity contribution in [2.24, 2.45) is 0 Å². The number of ether oxygens (including phenoxy) is 1. The van der Waals surface area contributed by atoms with E-state index in [0.29, 0.717) is 10.7 Å². The van der Waals surface area contributed by atoms with Gasteiger partial charge < -0.3 is 20.5 Å². The van der Waals surface area contributed by atoms with Crippen molar-refractivity contribution in [2.75, 3.05) is 22.0 Å². The van der Waals surface area contributed by atoms with Gasteiger partial charge in [-0.25, -0.2) is 8.42 Å². The number of benzene rings is 3. The maximum atomic E-state index is 12.8. The van der Waals surface area contributed by atoms with Crippen LogP contribution in [0.4, 0.5) is 17.1 Å². The SMILES string of the molecule is O=C1COc2c(cccc2C(=O)Nc2cc(S(=O)(=O)Nc3cccc(Cl)c3)ccc2O)N1. The van der Waals surface area contributed by atoms with Gasteiger partial charge in [0, 0.05) is 5.02 Å². The number of hydrogen-bond acceptors (Lipinski definition) is 6. The van der Waals surface area contributed by atoms with Gasteiger partial charge in [-0.3, -0.25) is 14.3 Å². The summed E-state index contributed by atoms with van der Waals surface area (Å²) in [4.78, 5) is 24.1. The van der Waals surface area contributed by atoms with E-state index < -0.39 is 15.9 Å². The van der Waals surface area contributed by atoms with Crippen molar-refractivity contribution in [3.8, 4) is 11.5 Å². The van der Waals surface area contributed by atoms with E-state index in [2.05, 4.69) is 15.4 Å². The van der Waals surface area contributed by atoms with Crippen molar-refractivity contribution in [3.63, 3.8) is 0 Å². The van der Waals surface area contributed by atoms with Crippen molar-refractivity contribution < 1.29 is 27.9 Å². The molecule has 0 fully saturated rings. The van der Waals surface area contributed by atoms with E-state index in [9.17, 15) is 23.1 Å². The largest absolute Gasteiger partial charge is 0.506 e. The molecule has 0 radical (unpaired) electrons. The number of sulfonamides is 1. The smallest absolute Gasteiger partial charge is 0.262 e. The number of amides is 2. The molecule has 1 aliphatic rings. The zero-order valence-electron chi connectivity index (χ0n) is 16.3. The Morgan fingerprint density at radius 1 is 1.09 bits per heavy atom. The highest BCUT2D eigenvalue weighted by atomic mass is 35.5. The van der Waals surface area contributed by atoms with Gasteiger partial charge in [0.05, 0.1) is 27.5 Å². The predicted octanol–water partition coefficient (Wildman–Crippen LogP) is 3.43. The second kappa shape index (κ2) is 8.40. The monoisotopic (exact) mass is 473 g/mol. The molecule has 0 aromatic heterocycles. The average Bonchev–Trinajstić information content (AvgIpc) is 2.74. The first kappa shape index (κ1) is 21.5. The van der Waals surface area contributed by atoms with Crippen LogP contribution in [0.3, 0.4) is 0 Å². The number of para-hydroxylation sites is 1. The first-order chi connectivity index (χ1) is 15.2. The third-order valence-corrected chi connectivity index (χ3v) is 6.10. The summed E-state index contributed by atoms with van der Waals surface area (Å²) >= 11 is 5.89. The van der Waals surface area contributed by atoms with Crippen LogP contribution >= 0.6 is 11.6 Å². The van der Waals surface area contributed by atoms with Crippen LogP contribution in [0, 0.1) is 0 Å². The zero-order valence-corrected chi connectivity index (χ0v) is 17.8. The number of nitrogens with one attached hydrogen (secondary N) is 3. The molecule has 1 heterocycles. The van der Waals surface area contributed by atoms with Crippen LogP contribution in [0.1, 0.15) is 10.4 Å². The lowest BCUT2D eigenvalue weighted by Gasteiger charge is -2.20. The fourth-order valence-corrected chi connectivity index (χ4v) is 4.30. The van der Waals surface area contributed by atoms with Crippen molar-refractivity contribution in [1.29, 1.82) is 0 Å². The molecule has 0 spiro atoms. The Hall–Kier alpha value is -3.76. The zero-order chi connectivity index (χ0) is 22.9. The molecule has 32 heavy (non-hydrogen) atoms. The van der Waals surface area contributed by atoms with Crippen molar-refractivity contribution in [3.05, 3.63) is 71.2 Å². The second-order valence-corrected chi connectivity index (χ2v) is 8.89. The van der Waals surface area contributed by atoms with E-state index in [1.807, 2.05) is 0 Å². The summed E-state index contributed by atoms with van der Waals surface area (Å²) < 4.78 is 33.2. The minimum absolute atomic E-state index is 0.104. The molecule has 11 heteroatoms. The van der Waals surface area contributed by atoms with Gasteiger partial charge in [-0.05, 0) is 48.5 Å². The molecule has 2 amide bonds. The quantitative estimate of drug-likeness (QED) is 0.419.